The van der Waals surface area contributed by atoms with E-state index < -0.39 is 0 Å². The Balaban J connectivity index is 2.24. The summed E-state index contributed by atoms with van der Waals surface area (Å²) in [5.74, 6) is 0.736. The van der Waals surface area contributed by atoms with Crippen molar-refractivity contribution in [2.75, 3.05) is 0 Å². The first-order valence-corrected chi connectivity index (χ1v) is 4.33. The summed E-state index contributed by atoms with van der Waals surface area (Å²) < 4.78 is 10.3. The lowest BCUT2D eigenvalue weighted by Gasteiger charge is -1.84. The molecule has 0 radical (unpaired) electrons. The van der Waals surface area contributed by atoms with Gasteiger partial charge >= 0.3 is 0 Å². The Morgan fingerprint density at radius 1 is 1.07 bits per heavy atom. The third-order valence-electron chi connectivity index (χ3n) is 2.12. The molecule has 2 heterocycles. The zero-order chi connectivity index (χ0) is 9.38. The highest BCUT2D eigenvalue weighted by Crippen LogP contribution is 2.25. The fraction of sp³-hybridized carbons (Fsp3) is 0. The molecule has 3 rings (SSSR count). The topological polar surface area (TPSA) is 39.2 Å². The molecule has 14 heavy (non-hydrogen) atoms. The van der Waals surface area contributed by atoms with Gasteiger partial charge in [0.1, 0.15) is 17.5 Å². The summed E-state index contributed by atoms with van der Waals surface area (Å²) in [6, 6.07) is 11.6. The quantitative estimate of drug-likeness (QED) is 0.584. The number of para-hydroxylation sites is 1. The molecule has 3 aromatic rings. The van der Waals surface area contributed by atoms with Crippen LogP contribution in [0.2, 0.25) is 0 Å². The number of benzene rings is 1. The van der Waals surface area contributed by atoms with Gasteiger partial charge in [0.15, 0.2) is 5.76 Å². The van der Waals surface area contributed by atoms with Crippen LogP contribution in [-0.4, -0.2) is 5.16 Å². The van der Waals surface area contributed by atoms with Gasteiger partial charge in [0.05, 0.1) is 0 Å². The van der Waals surface area contributed by atoms with Crippen LogP contribution < -0.4 is 0 Å². The minimum Gasteiger partial charge on any atom is -0.454 e. The normalized spacial score (nSPS) is 10.9. The number of aromatic nitrogens is 1. The van der Waals surface area contributed by atoms with Gasteiger partial charge in [0.2, 0.25) is 0 Å². The smallest absolute Gasteiger partial charge is 0.157 e. The molecule has 0 aliphatic rings. The number of fused-ring (bicyclic) bond motifs is 1. The molecule has 0 atom stereocenters. The van der Waals surface area contributed by atoms with E-state index in [-0.39, 0.29) is 0 Å². The Morgan fingerprint density at radius 3 is 2.79 bits per heavy atom. The van der Waals surface area contributed by atoms with Crippen molar-refractivity contribution >= 4 is 11.0 Å². The van der Waals surface area contributed by atoms with Crippen molar-refractivity contribution in [2.24, 2.45) is 0 Å². The van der Waals surface area contributed by atoms with Gasteiger partial charge in [-0.05, 0) is 12.1 Å². The van der Waals surface area contributed by atoms with Gasteiger partial charge in [-0.1, -0.05) is 23.4 Å². The molecule has 0 bridgehead atoms. The van der Waals surface area contributed by atoms with Crippen LogP contribution in [0, 0.1) is 0 Å². The van der Waals surface area contributed by atoms with E-state index in [0.717, 1.165) is 22.4 Å². The predicted molar refractivity (Wildman–Crippen MR) is 51.7 cm³/mol. The fourth-order valence-corrected chi connectivity index (χ4v) is 1.45. The van der Waals surface area contributed by atoms with Crippen LogP contribution in [-0.2, 0) is 0 Å². The Hall–Kier alpha value is -2.03. The van der Waals surface area contributed by atoms with E-state index in [2.05, 4.69) is 5.16 Å². The zero-order valence-electron chi connectivity index (χ0n) is 7.31. The highest BCUT2D eigenvalue weighted by molar-refractivity contribution is 5.81. The highest BCUT2D eigenvalue weighted by Gasteiger charge is 2.07. The first-order chi connectivity index (χ1) is 6.93. The summed E-state index contributed by atoms with van der Waals surface area (Å²) in [7, 11) is 0. The van der Waals surface area contributed by atoms with Crippen molar-refractivity contribution in [2.45, 2.75) is 0 Å². The van der Waals surface area contributed by atoms with E-state index in [9.17, 15) is 0 Å². The number of rotatable bonds is 1. The molecule has 0 spiro atoms. The first kappa shape index (κ1) is 7.38. The molecule has 0 unspecified atom stereocenters. The van der Waals surface area contributed by atoms with E-state index in [1.807, 2.05) is 30.3 Å². The second-order valence-corrected chi connectivity index (χ2v) is 3.03. The van der Waals surface area contributed by atoms with E-state index in [0.29, 0.717) is 0 Å². The van der Waals surface area contributed by atoms with Crippen LogP contribution in [0.4, 0.5) is 0 Å². The van der Waals surface area contributed by atoms with Crippen LogP contribution in [0.1, 0.15) is 0 Å². The summed E-state index contributed by atoms with van der Waals surface area (Å²) in [6.07, 6.45) is 1.53. The van der Waals surface area contributed by atoms with Gasteiger partial charge in [-0.25, -0.2) is 0 Å². The third-order valence-corrected chi connectivity index (χ3v) is 2.12. The van der Waals surface area contributed by atoms with Gasteiger partial charge in [0, 0.05) is 11.5 Å². The molecule has 0 amide bonds. The maximum Gasteiger partial charge on any atom is 0.157 e. The van der Waals surface area contributed by atoms with Crippen molar-refractivity contribution in [1.29, 1.82) is 0 Å². The average Bonchev–Trinajstić information content (AvgIpc) is 2.86. The summed E-state index contributed by atoms with van der Waals surface area (Å²) in [6.45, 7) is 0. The van der Waals surface area contributed by atoms with Gasteiger partial charge in [0.25, 0.3) is 0 Å². The molecule has 0 aliphatic carbocycles. The molecule has 2 aromatic heterocycles. The molecule has 3 heteroatoms. The Labute approximate surface area is 79.9 Å². The molecular formula is C11H7NO2. The Morgan fingerprint density at radius 2 is 2.00 bits per heavy atom. The van der Waals surface area contributed by atoms with Crippen molar-refractivity contribution in [3.05, 3.63) is 42.7 Å². The summed E-state index contributed by atoms with van der Waals surface area (Å²) in [5.41, 5.74) is 1.59. The van der Waals surface area contributed by atoms with Crippen LogP contribution in [0.3, 0.4) is 0 Å². The minimum atomic E-state index is 0.723. The predicted octanol–water partition coefficient (Wildman–Crippen LogP) is 3.09. The van der Waals surface area contributed by atoms with Crippen LogP contribution in [0.15, 0.2) is 51.6 Å². The van der Waals surface area contributed by atoms with E-state index in [4.69, 9.17) is 8.94 Å². The SMILES string of the molecule is c1ccc2oc(-c3ccon3)cc2c1. The molecule has 0 saturated carbocycles. The zero-order valence-corrected chi connectivity index (χ0v) is 7.31. The first-order valence-electron chi connectivity index (χ1n) is 4.33. The van der Waals surface area contributed by atoms with E-state index in [1.54, 1.807) is 6.07 Å². The van der Waals surface area contributed by atoms with Crippen molar-refractivity contribution < 1.29 is 8.94 Å². The fourth-order valence-electron chi connectivity index (χ4n) is 1.45. The largest absolute Gasteiger partial charge is 0.454 e. The maximum absolute atomic E-state index is 5.59. The lowest BCUT2D eigenvalue weighted by molar-refractivity contribution is 0.420. The Bertz CT molecular complexity index is 518. The molecule has 0 aliphatic heterocycles. The maximum atomic E-state index is 5.59. The molecule has 1 aromatic carbocycles. The van der Waals surface area contributed by atoms with E-state index in [1.165, 1.54) is 6.26 Å². The van der Waals surface area contributed by atoms with Gasteiger partial charge in [-0.3, -0.25) is 0 Å². The lowest BCUT2D eigenvalue weighted by Crippen LogP contribution is -1.68. The summed E-state index contributed by atoms with van der Waals surface area (Å²) >= 11 is 0. The second kappa shape index (κ2) is 2.73. The number of hydrogen-bond acceptors (Lipinski definition) is 3. The van der Waals surface area contributed by atoms with Gasteiger partial charge in [-0.2, -0.15) is 0 Å². The van der Waals surface area contributed by atoms with Gasteiger partial charge in [-0.15, -0.1) is 0 Å². The minimum absolute atomic E-state index is 0.723. The monoisotopic (exact) mass is 185 g/mol. The Kier molecular flexibility index (Phi) is 1.44. The van der Waals surface area contributed by atoms with E-state index >= 15 is 0 Å². The van der Waals surface area contributed by atoms with Crippen molar-refractivity contribution in [3.8, 4) is 11.5 Å². The molecule has 68 valence electrons. The standard InChI is InChI=1S/C11H7NO2/c1-2-4-10-8(3-1)7-11(14-10)9-5-6-13-12-9/h1-7H. The molecule has 3 nitrogen and oxygen atoms in total. The summed E-state index contributed by atoms with van der Waals surface area (Å²) in [5, 5.41) is 4.89. The van der Waals surface area contributed by atoms with Crippen molar-refractivity contribution in [3.63, 3.8) is 0 Å². The molecule has 0 N–H and O–H groups in total. The molecule has 0 fully saturated rings. The molecular weight excluding hydrogens is 178 g/mol. The number of furan rings is 1. The average molecular weight is 185 g/mol. The second-order valence-electron chi connectivity index (χ2n) is 3.03. The van der Waals surface area contributed by atoms with Crippen molar-refractivity contribution in [1.82, 2.24) is 5.16 Å². The molecule has 0 saturated heterocycles. The van der Waals surface area contributed by atoms with Crippen LogP contribution in [0.5, 0.6) is 0 Å². The number of nitrogens with zero attached hydrogens (tertiary/aromatic N) is 1. The third kappa shape index (κ3) is 1.03. The summed E-state index contributed by atoms with van der Waals surface area (Å²) in [4.78, 5) is 0. The van der Waals surface area contributed by atoms with Gasteiger partial charge < -0.3 is 8.94 Å². The highest BCUT2D eigenvalue weighted by atomic mass is 16.5. The van der Waals surface area contributed by atoms with Crippen LogP contribution >= 0.6 is 0 Å². The number of hydrogen-bond donors (Lipinski definition) is 0. The van der Waals surface area contributed by atoms with Crippen LogP contribution in [0.25, 0.3) is 22.4 Å². The lowest BCUT2D eigenvalue weighted by atomic mass is 10.2.